The highest BCUT2D eigenvalue weighted by molar-refractivity contribution is 6.30. The summed E-state index contributed by atoms with van der Waals surface area (Å²) in [4.78, 5) is 23.9. The van der Waals surface area contributed by atoms with E-state index in [9.17, 15) is 9.59 Å². The fraction of sp³-hybridized carbons (Fsp3) is 0.429. The largest absolute Gasteiger partial charge is 0.368 e. The molecule has 6 nitrogen and oxygen atoms in total. The Balaban J connectivity index is 3.10. The van der Waals surface area contributed by atoms with Gasteiger partial charge in [0, 0.05) is 23.3 Å². The Labute approximate surface area is 129 Å². The van der Waals surface area contributed by atoms with Crippen LogP contribution < -0.4 is 21.7 Å². The Morgan fingerprint density at radius 3 is 2.29 bits per heavy atom. The number of primary amides is 2. The first-order chi connectivity index (χ1) is 9.79. The van der Waals surface area contributed by atoms with Crippen LogP contribution in [0.3, 0.4) is 0 Å². The van der Waals surface area contributed by atoms with E-state index >= 15 is 0 Å². The van der Waals surface area contributed by atoms with Crippen molar-refractivity contribution in [2.24, 2.45) is 11.5 Å². The van der Waals surface area contributed by atoms with E-state index in [2.05, 4.69) is 5.32 Å². The van der Waals surface area contributed by atoms with Gasteiger partial charge < -0.3 is 21.7 Å². The van der Waals surface area contributed by atoms with Gasteiger partial charge in [0.2, 0.25) is 11.8 Å². The summed E-state index contributed by atoms with van der Waals surface area (Å²) in [6.07, 6.45) is 0. The number of nitrogens with zero attached hydrogens (tertiary/aromatic N) is 1. The van der Waals surface area contributed by atoms with Crippen LogP contribution >= 0.6 is 11.6 Å². The van der Waals surface area contributed by atoms with Gasteiger partial charge in [-0.25, -0.2) is 0 Å². The van der Waals surface area contributed by atoms with E-state index in [1.165, 1.54) is 4.90 Å². The average Bonchev–Trinajstić information content (AvgIpc) is 2.35. The van der Waals surface area contributed by atoms with Gasteiger partial charge >= 0.3 is 0 Å². The quantitative estimate of drug-likeness (QED) is 0.654. The highest BCUT2D eigenvalue weighted by atomic mass is 35.5. The number of hydrogen-bond acceptors (Lipinski definition) is 4. The zero-order valence-corrected chi connectivity index (χ0v) is 13.0. The number of nitrogens with two attached hydrogens (primary N) is 2. The Kier molecular flexibility index (Phi) is 6.45. The summed E-state index contributed by atoms with van der Waals surface area (Å²) in [7, 11) is 0. The number of hydrogen-bond donors (Lipinski definition) is 3. The van der Waals surface area contributed by atoms with Crippen LogP contribution in [-0.2, 0) is 16.1 Å². The number of carbonyl (C=O) groups is 2. The van der Waals surface area contributed by atoms with Crippen LogP contribution in [0, 0.1) is 0 Å². The van der Waals surface area contributed by atoms with E-state index in [4.69, 9.17) is 23.1 Å². The second kappa shape index (κ2) is 7.85. The van der Waals surface area contributed by atoms with Crippen LogP contribution in [0.5, 0.6) is 0 Å². The molecule has 5 N–H and O–H groups in total. The molecule has 0 saturated carbocycles. The second-order valence-corrected chi connectivity index (χ2v) is 5.53. The lowest BCUT2D eigenvalue weighted by Gasteiger charge is -2.25. The minimum Gasteiger partial charge on any atom is -0.368 e. The molecule has 0 saturated heterocycles. The fourth-order valence-corrected chi connectivity index (χ4v) is 2.06. The molecule has 1 aromatic carbocycles. The van der Waals surface area contributed by atoms with E-state index in [1.54, 1.807) is 12.1 Å². The lowest BCUT2D eigenvalue weighted by Crippen LogP contribution is -2.40. The van der Waals surface area contributed by atoms with Gasteiger partial charge in [0.1, 0.15) is 0 Å². The summed E-state index contributed by atoms with van der Waals surface area (Å²) in [6.45, 7) is 4.44. The predicted molar refractivity (Wildman–Crippen MR) is 84.0 cm³/mol. The number of halogens is 1. The molecule has 0 fully saturated rings. The lowest BCUT2D eigenvalue weighted by atomic mass is 10.1. The van der Waals surface area contributed by atoms with Gasteiger partial charge in [0.05, 0.1) is 13.1 Å². The van der Waals surface area contributed by atoms with Gasteiger partial charge in [-0.2, -0.15) is 0 Å². The van der Waals surface area contributed by atoms with Crippen LogP contribution in [0.25, 0.3) is 0 Å². The highest BCUT2D eigenvalue weighted by Crippen LogP contribution is 2.25. The molecule has 21 heavy (non-hydrogen) atoms. The molecule has 0 aromatic heterocycles. The lowest BCUT2D eigenvalue weighted by molar-refractivity contribution is -0.117. The van der Waals surface area contributed by atoms with E-state index in [0.29, 0.717) is 23.3 Å². The molecule has 0 radical (unpaired) electrons. The second-order valence-electron chi connectivity index (χ2n) is 5.10. The number of anilines is 1. The maximum absolute atomic E-state index is 11.2. The Morgan fingerprint density at radius 2 is 1.81 bits per heavy atom. The first-order valence-corrected chi connectivity index (χ1v) is 7.00. The van der Waals surface area contributed by atoms with Crippen molar-refractivity contribution in [3.8, 4) is 0 Å². The molecular weight excluding hydrogens is 292 g/mol. The molecular formula is C14H21ClN4O2. The summed E-state index contributed by atoms with van der Waals surface area (Å²) < 4.78 is 0. The van der Waals surface area contributed by atoms with E-state index in [-0.39, 0.29) is 13.1 Å². The maximum atomic E-state index is 11.2. The summed E-state index contributed by atoms with van der Waals surface area (Å²) in [5.74, 6) is -1.09. The molecule has 1 aromatic rings. The van der Waals surface area contributed by atoms with E-state index in [1.807, 2.05) is 19.9 Å². The van der Waals surface area contributed by atoms with Gasteiger partial charge in [-0.05, 0) is 17.7 Å². The molecule has 0 atom stereocenters. The molecule has 0 aliphatic rings. The molecule has 7 heteroatoms. The van der Waals surface area contributed by atoms with Crippen molar-refractivity contribution in [1.29, 1.82) is 0 Å². The Bertz CT molecular complexity index is 504. The molecule has 0 heterocycles. The zero-order chi connectivity index (χ0) is 16.0. The Morgan fingerprint density at radius 1 is 1.24 bits per heavy atom. The standard InChI is InChI=1S/C14H21ClN4O2/c1-9(2)18-6-10-3-4-11(15)5-12(10)19(7-13(16)20)8-14(17)21/h3-5,9,18H,6-8H2,1-2H3,(H2,16,20)(H2,17,21). The number of carbonyl (C=O) groups excluding carboxylic acids is 2. The highest BCUT2D eigenvalue weighted by Gasteiger charge is 2.16. The van der Waals surface area contributed by atoms with Crippen molar-refractivity contribution < 1.29 is 9.59 Å². The van der Waals surface area contributed by atoms with Crippen molar-refractivity contribution in [2.45, 2.75) is 26.4 Å². The van der Waals surface area contributed by atoms with Crippen molar-refractivity contribution in [3.63, 3.8) is 0 Å². The molecule has 0 aliphatic heterocycles. The van der Waals surface area contributed by atoms with E-state index < -0.39 is 11.8 Å². The molecule has 2 amide bonds. The van der Waals surface area contributed by atoms with Crippen molar-refractivity contribution >= 4 is 29.1 Å². The average molecular weight is 313 g/mol. The maximum Gasteiger partial charge on any atom is 0.236 e. The van der Waals surface area contributed by atoms with Gasteiger partial charge in [-0.3, -0.25) is 9.59 Å². The summed E-state index contributed by atoms with van der Waals surface area (Å²) in [5, 5.41) is 3.79. The Hall–Kier alpha value is -1.79. The third kappa shape index (κ3) is 6.01. The third-order valence-corrected chi connectivity index (χ3v) is 3.02. The fourth-order valence-electron chi connectivity index (χ4n) is 1.90. The first-order valence-electron chi connectivity index (χ1n) is 6.63. The molecule has 0 bridgehead atoms. The SMILES string of the molecule is CC(C)NCc1ccc(Cl)cc1N(CC(N)=O)CC(N)=O. The van der Waals surface area contributed by atoms with Crippen LogP contribution in [0.4, 0.5) is 5.69 Å². The number of benzene rings is 1. The molecule has 116 valence electrons. The summed E-state index contributed by atoms with van der Waals surface area (Å²) in [6, 6.07) is 5.61. The summed E-state index contributed by atoms with van der Waals surface area (Å²) in [5.41, 5.74) is 12.1. The topological polar surface area (TPSA) is 101 Å². The number of amides is 2. The predicted octanol–water partition coefficient (Wildman–Crippen LogP) is 0.615. The van der Waals surface area contributed by atoms with Crippen LogP contribution in [-0.4, -0.2) is 30.9 Å². The van der Waals surface area contributed by atoms with Crippen molar-refractivity contribution in [1.82, 2.24) is 5.32 Å². The van der Waals surface area contributed by atoms with Crippen LogP contribution in [0.15, 0.2) is 18.2 Å². The molecule has 0 spiro atoms. The van der Waals surface area contributed by atoms with Crippen molar-refractivity contribution in [2.75, 3.05) is 18.0 Å². The zero-order valence-electron chi connectivity index (χ0n) is 12.2. The van der Waals surface area contributed by atoms with Gasteiger partial charge in [-0.15, -0.1) is 0 Å². The smallest absolute Gasteiger partial charge is 0.236 e. The molecule has 1 rings (SSSR count). The minimum absolute atomic E-state index is 0.0992. The molecule has 0 unspecified atom stereocenters. The van der Waals surface area contributed by atoms with Gasteiger partial charge in [0.25, 0.3) is 0 Å². The normalized spacial score (nSPS) is 10.7. The van der Waals surface area contributed by atoms with Crippen LogP contribution in [0.1, 0.15) is 19.4 Å². The monoisotopic (exact) mass is 312 g/mol. The van der Waals surface area contributed by atoms with Crippen LogP contribution in [0.2, 0.25) is 5.02 Å². The van der Waals surface area contributed by atoms with Crippen molar-refractivity contribution in [3.05, 3.63) is 28.8 Å². The van der Waals surface area contributed by atoms with Gasteiger partial charge in [0.15, 0.2) is 0 Å². The number of rotatable bonds is 8. The molecule has 0 aliphatic carbocycles. The third-order valence-electron chi connectivity index (χ3n) is 2.78. The van der Waals surface area contributed by atoms with E-state index in [0.717, 1.165) is 5.56 Å². The first kappa shape index (κ1) is 17.3. The summed E-state index contributed by atoms with van der Waals surface area (Å²) >= 11 is 6.02. The minimum atomic E-state index is -0.543. The number of nitrogens with one attached hydrogen (secondary N) is 1. The van der Waals surface area contributed by atoms with Gasteiger partial charge in [-0.1, -0.05) is 31.5 Å².